The first-order valence-electron chi connectivity index (χ1n) is 13.1. The highest BCUT2D eigenvalue weighted by atomic mass is 32.1. The molecule has 34 heavy (non-hydrogen) atoms. The molecule has 2 heterocycles. The number of nitrogens with zero attached hydrogens (tertiary/aromatic N) is 2. The first kappa shape index (κ1) is 22.3. The third kappa shape index (κ3) is 3.62. The Morgan fingerprint density at radius 2 is 1.97 bits per heavy atom. The van der Waals surface area contributed by atoms with Gasteiger partial charge in [-0.25, -0.2) is 0 Å². The monoisotopic (exact) mass is 475 g/mol. The van der Waals surface area contributed by atoms with E-state index in [0.717, 1.165) is 43.5 Å². The third-order valence-corrected chi connectivity index (χ3v) is 10.6. The normalized spacial score (nSPS) is 30.8. The molecule has 0 spiro atoms. The molecule has 0 radical (unpaired) electrons. The lowest BCUT2D eigenvalue weighted by atomic mass is 9.45. The average Bonchev–Trinajstić information content (AvgIpc) is 3.38. The maximum absolute atomic E-state index is 13.5. The van der Waals surface area contributed by atoms with Gasteiger partial charge in [-0.3, -0.25) is 9.80 Å². The number of amides is 1. The quantitative estimate of drug-likeness (QED) is 0.574. The van der Waals surface area contributed by atoms with Crippen molar-refractivity contribution in [3.63, 3.8) is 0 Å². The molecule has 0 saturated heterocycles. The zero-order chi connectivity index (χ0) is 23.6. The summed E-state index contributed by atoms with van der Waals surface area (Å²) < 4.78 is 0. The first-order chi connectivity index (χ1) is 16.3. The van der Waals surface area contributed by atoms with Gasteiger partial charge >= 0.3 is 0 Å². The maximum atomic E-state index is 13.5. The van der Waals surface area contributed by atoms with Crippen LogP contribution in [-0.2, 0) is 17.8 Å². The van der Waals surface area contributed by atoms with Crippen molar-refractivity contribution in [2.45, 2.75) is 72.4 Å². The first-order valence-corrected chi connectivity index (χ1v) is 13.9. The lowest BCUT2D eigenvalue weighted by Crippen LogP contribution is -2.55. The number of carbonyl (C=O) groups is 1. The number of hydrazone groups is 1. The fraction of sp³-hybridized carbons (Fsp3) is 0.586. The molecule has 3 fully saturated rings. The molecule has 180 valence electrons. The van der Waals surface area contributed by atoms with Crippen molar-refractivity contribution in [3.8, 4) is 0 Å². The summed E-state index contributed by atoms with van der Waals surface area (Å²) in [6, 6.07) is 11.2. The van der Waals surface area contributed by atoms with Crippen LogP contribution in [0, 0.1) is 42.9 Å². The molecule has 4 aliphatic carbocycles. The van der Waals surface area contributed by atoms with Crippen LogP contribution in [0.4, 0.5) is 0 Å². The standard InChI is InChI=1S/C29H37N3OS/c1-17-5-7-19(8-6-17)16-32-27-22(11-12-25-23(27)13-18(2)34-25)26(31-32)28(33)30-15-20-9-10-21-14-24(20)29(21,3)4/h5-8,13,20-22,24,27H,9-12,14-16H2,1-4H3,(H,30,33). The molecule has 5 heteroatoms. The highest BCUT2D eigenvalue weighted by Crippen LogP contribution is 2.61. The molecule has 1 aromatic heterocycles. The molecule has 1 aliphatic heterocycles. The summed E-state index contributed by atoms with van der Waals surface area (Å²) in [5, 5.41) is 10.6. The second-order valence-electron chi connectivity index (χ2n) is 11.8. The summed E-state index contributed by atoms with van der Waals surface area (Å²) in [4.78, 5) is 16.4. The molecule has 1 aromatic carbocycles. The molecule has 2 bridgehead atoms. The van der Waals surface area contributed by atoms with Crippen LogP contribution in [0.25, 0.3) is 0 Å². The molecule has 4 nitrogen and oxygen atoms in total. The van der Waals surface area contributed by atoms with E-state index in [0.29, 0.717) is 11.3 Å². The van der Waals surface area contributed by atoms with Crippen molar-refractivity contribution in [2.24, 2.45) is 34.2 Å². The van der Waals surface area contributed by atoms with E-state index in [1.54, 1.807) is 0 Å². The predicted molar refractivity (Wildman–Crippen MR) is 139 cm³/mol. The Kier molecular flexibility index (Phi) is 5.40. The van der Waals surface area contributed by atoms with Crippen molar-refractivity contribution in [1.82, 2.24) is 10.3 Å². The van der Waals surface area contributed by atoms with Crippen molar-refractivity contribution < 1.29 is 4.79 Å². The molecule has 5 atom stereocenters. The van der Waals surface area contributed by atoms with Crippen LogP contribution in [0.3, 0.4) is 0 Å². The molecular weight excluding hydrogens is 438 g/mol. The molecule has 1 N–H and O–H groups in total. The van der Waals surface area contributed by atoms with Gasteiger partial charge in [0.15, 0.2) is 0 Å². The van der Waals surface area contributed by atoms with E-state index >= 15 is 0 Å². The summed E-state index contributed by atoms with van der Waals surface area (Å²) in [6.07, 6.45) is 5.99. The van der Waals surface area contributed by atoms with E-state index < -0.39 is 0 Å². The Morgan fingerprint density at radius 1 is 1.18 bits per heavy atom. The second kappa shape index (κ2) is 8.22. The van der Waals surface area contributed by atoms with Crippen LogP contribution < -0.4 is 5.32 Å². The number of hydrogen-bond acceptors (Lipinski definition) is 4. The van der Waals surface area contributed by atoms with Crippen molar-refractivity contribution in [1.29, 1.82) is 0 Å². The molecule has 5 aliphatic rings. The lowest BCUT2D eigenvalue weighted by molar-refractivity contribution is -0.119. The second-order valence-corrected chi connectivity index (χ2v) is 13.1. The maximum Gasteiger partial charge on any atom is 0.267 e. The van der Waals surface area contributed by atoms with Gasteiger partial charge in [-0.15, -0.1) is 11.3 Å². The van der Waals surface area contributed by atoms with E-state index in [1.165, 1.54) is 45.7 Å². The SMILES string of the molecule is Cc1ccc(CN2N=C(C(=O)NCC3CCC4CC3C4(C)C)C3CCc4sc(C)cc4C32)cc1. The highest BCUT2D eigenvalue weighted by molar-refractivity contribution is 7.12. The topological polar surface area (TPSA) is 44.7 Å². The van der Waals surface area contributed by atoms with Gasteiger partial charge < -0.3 is 5.32 Å². The van der Waals surface area contributed by atoms with E-state index in [1.807, 2.05) is 11.3 Å². The number of rotatable bonds is 5. The zero-order valence-electron chi connectivity index (χ0n) is 20.9. The van der Waals surface area contributed by atoms with E-state index in [9.17, 15) is 4.79 Å². The number of carbonyl (C=O) groups excluding carboxylic acids is 1. The van der Waals surface area contributed by atoms with Crippen LogP contribution in [0.15, 0.2) is 35.4 Å². The Hall–Kier alpha value is -2.14. The number of benzene rings is 1. The van der Waals surface area contributed by atoms with Crippen molar-refractivity contribution in [2.75, 3.05) is 6.54 Å². The largest absolute Gasteiger partial charge is 0.351 e. The Bertz CT molecular complexity index is 1130. The molecule has 2 aromatic rings. The van der Waals surface area contributed by atoms with Gasteiger partial charge in [0, 0.05) is 22.2 Å². The Labute approximate surface area is 207 Å². The van der Waals surface area contributed by atoms with Gasteiger partial charge in [-0.2, -0.15) is 5.10 Å². The number of hydrogen-bond donors (Lipinski definition) is 1. The van der Waals surface area contributed by atoms with E-state index in [4.69, 9.17) is 5.10 Å². The smallest absolute Gasteiger partial charge is 0.267 e. The van der Waals surface area contributed by atoms with Crippen LogP contribution in [0.2, 0.25) is 0 Å². The van der Waals surface area contributed by atoms with Crippen LogP contribution in [0.1, 0.15) is 72.0 Å². The lowest BCUT2D eigenvalue weighted by Gasteiger charge is -2.60. The van der Waals surface area contributed by atoms with Gasteiger partial charge in [0.1, 0.15) is 5.71 Å². The molecule has 3 saturated carbocycles. The number of fused-ring (bicyclic) bond motifs is 5. The summed E-state index contributed by atoms with van der Waals surface area (Å²) in [5.74, 6) is 2.51. The number of thiophene rings is 1. The predicted octanol–water partition coefficient (Wildman–Crippen LogP) is 6.03. The van der Waals surface area contributed by atoms with E-state index in [2.05, 4.69) is 68.4 Å². The van der Waals surface area contributed by atoms with Crippen molar-refractivity contribution in [3.05, 3.63) is 56.8 Å². The van der Waals surface area contributed by atoms with Gasteiger partial charge in [0.2, 0.25) is 0 Å². The number of nitrogens with one attached hydrogen (secondary N) is 1. The summed E-state index contributed by atoms with van der Waals surface area (Å²) >= 11 is 1.91. The molecular formula is C29H37N3OS. The molecule has 5 unspecified atom stereocenters. The summed E-state index contributed by atoms with van der Waals surface area (Å²) in [5.41, 5.74) is 5.12. The van der Waals surface area contributed by atoms with Crippen LogP contribution in [-0.4, -0.2) is 23.2 Å². The average molecular weight is 476 g/mol. The third-order valence-electron chi connectivity index (χ3n) is 9.48. The van der Waals surface area contributed by atoms with Crippen LogP contribution in [0.5, 0.6) is 0 Å². The zero-order valence-corrected chi connectivity index (χ0v) is 21.8. The van der Waals surface area contributed by atoms with Gasteiger partial charge in [-0.05, 0) is 86.3 Å². The van der Waals surface area contributed by atoms with Gasteiger partial charge in [0.05, 0.1) is 12.6 Å². The van der Waals surface area contributed by atoms with Gasteiger partial charge in [0.25, 0.3) is 5.91 Å². The minimum Gasteiger partial charge on any atom is -0.351 e. The van der Waals surface area contributed by atoms with Gasteiger partial charge in [-0.1, -0.05) is 43.7 Å². The molecule has 1 amide bonds. The fourth-order valence-electron chi connectivity index (χ4n) is 7.37. The molecule has 7 rings (SSSR count). The Balaban J connectivity index is 1.22. The minimum absolute atomic E-state index is 0.0658. The minimum atomic E-state index is 0.0658. The van der Waals surface area contributed by atoms with Crippen molar-refractivity contribution >= 4 is 23.0 Å². The Morgan fingerprint density at radius 3 is 2.71 bits per heavy atom. The summed E-state index contributed by atoms with van der Waals surface area (Å²) in [7, 11) is 0. The highest BCUT2D eigenvalue weighted by Gasteiger charge is 2.54. The van der Waals surface area contributed by atoms with E-state index in [-0.39, 0.29) is 17.9 Å². The fourth-order valence-corrected chi connectivity index (χ4v) is 8.46. The number of aryl methyl sites for hydroxylation is 3. The summed E-state index contributed by atoms with van der Waals surface area (Å²) in [6.45, 7) is 10.7. The van der Waals surface area contributed by atoms with Crippen LogP contribution >= 0.6 is 11.3 Å².